The van der Waals surface area contributed by atoms with Gasteiger partial charge in [-0.1, -0.05) is 17.7 Å². The van der Waals surface area contributed by atoms with Crippen LogP contribution >= 0.6 is 11.6 Å². The van der Waals surface area contributed by atoms with Gasteiger partial charge in [-0.05, 0) is 12.1 Å². The normalized spacial score (nSPS) is 9.92. The van der Waals surface area contributed by atoms with E-state index in [1.54, 1.807) is 24.8 Å². The van der Waals surface area contributed by atoms with Crippen molar-refractivity contribution in [1.82, 2.24) is 9.97 Å². The molecule has 64 valence electrons. The third-order valence-corrected chi connectivity index (χ3v) is 1.91. The number of hydrogen-bond donors (Lipinski definition) is 0. The Kier molecular flexibility index (Phi) is 2.23. The molecular formula is C10H7ClN2. The fraction of sp³-hybridized carbons (Fsp3) is 0. The van der Waals surface area contributed by atoms with Crippen LogP contribution < -0.4 is 0 Å². The predicted molar refractivity (Wildman–Crippen MR) is 52.5 cm³/mol. The molecule has 0 bridgehead atoms. The SMILES string of the molecule is Clc1cncc(-c2cccnc2)c1. The summed E-state index contributed by atoms with van der Waals surface area (Å²) in [5.41, 5.74) is 2.01. The number of pyridine rings is 2. The van der Waals surface area contributed by atoms with E-state index in [2.05, 4.69) is 9.97 Å². The van der Waals surface area contributed by atoms with E-state index in [1.165, 1.54) is 0 Å². The van der Waals surface area contributed by atoms with Crippen LogP contribution in [0.15, 0.2) is 43.0 Å². The number of nitrogens with zero attached hydrogens (tertiary/aromatic N) is 2. The molecule has 0 radical (unpaired) electrons. The van der Waals surface area contributed by atoms with Gasteiger partial charge in [0.1, 0.15) is 0 Å². The zero-order valence-corrected chi connectivity index (χ0v) is 7.57. The lowest BCUT2D eigenvalue weighted by Gasteiger charge is -1.99. The second kappa shape index (κ2) is 3.54. The maximum atomic E-state index is 5.81. The first-order valence-corrected chi connectivity index (χ1v) is 4.25. The zero-order chi connectivity index (χ0) is 9.10. The Hall–Kier alpha value is -1.41. The Labute approximate surface area is 81.2 Å². The fourth-order valence-electron chi connectivity index (χ4n) is 1.10. The molecule has 2 rings (SSSR count). The van der Waals surface area contributed by atoms with Crippen LogP contribution in [0.4, 0.5) is 0 Å². The molecule has 0 aliphatic carbocycles. The topological polar surface area (TPSA) is 25.8 Å². The largest absolute Gasteiger partial charge is 0.264 e. The lowest BCUT2D eigenvalue weighted by Crippen LogP contribution is -1.80. The second-order valence-electron chi connectivity index (χ2n) is 2.63. The smallest absolute Gasteiger partial charge is 0.0595 e. The molecular weight excluding hydrogens is 184 g/mol. The Morgan fingerprint density at radius 2 is 1.85 bits per heavy atom. The summed E-state index contributed by atoms with van der Waals surface area (Å²) in [6.45, 7) is 0. The van der Waals surface area contributed by atoms with Crippen molar-refractivity contribution in [3.05, 3.63) is 48.0 Å². The Bertz CT molecular complexity index is 401. The van der Waals surface area contributed by atoms with E-state index in [-0.39, 0.29) is 0 Å². The Balaban J connectivity index is 2.48. The van der Waals surface area contributed by atoms with E-state index in [1.807, 2.05) is 18.2 Å². The highest BCUT2D eigenvalue weighted by Crippen LogP contribution is 2.19. The van der Waals surface area contributed by atoms with Crippen molar-refractivity contribution in [2.45, 2.75) is 0 Å². The number of hydrogen-bond acceptors (Lipinski definition) is 2. The van der Waals surface area contributed by atoms with Crippen LogP contribution in [0.5, 0.6) is 0 Å². The molecule has 3 heteroatoms. The summed E-state index contributed by atoms with van der Waals surface area (Å²) in [7, 11) is 0. The molecule has 0 aliphatic rings. The number of halogens is 1. The van der Waals surface area contributed by atoms with Crippen molar-refractivity contribution in [2.24, 2.45) is 0 Å². The standard InChI is InChI=1S/C10H7ClN2/c11-10-4-9(6-13-7-10)8-2-1-3-12-5-8/h1-7H. The third-order valence-electron chi connectivity index (χ3n) is 1.70. The van der Waals surface area contributed by atoms with Gasteiger partial charge in [0.15, 0.2) is 0 Å². The lowest BCUT2D eigenvalue weighted by molar-refractivity contribution is 1.30. The van der Waals surface area contributed by atoms with Gasteiger partial charge in [-0.3, -0.25) is 9.97 Å². The van der Waals surface area contributed by atoms with Gasteiger partial charge < -0.3 is 0 Å². The molecule has 0 aliphatic heterocycles. The average Bonchev–Trinajstić information content (AvgIpc) is 2.19. The van der Waals surface area contributed by atoms with Crippen LogP contribution in [0.25, 0.3) is 11.1 Å². The quantitative estimate of drug-likeness (QED) is 0.691. The van der Waals surface area contributed by atoms with Crippen molar-refractivity contribution >= 4 is 11.6 Å². The minimum Gasteiger partial charge on any atom is -0.264 e. The van der Waals surface area contributed by atoms with E-state index in [0.29, 0.717) is 5.02 Å². The van der Waals surface area contributed by atoms with Crippen molar-refractivity contribution in [3.63, 3.8) is 0 Å². The molecule has 0 aromatic carbocycles. The van der Waals surface area contributed by atoms with E-state index in [0.717, 1.165) is 11.1 Å². The predicted octanol–water partition coefficient (Wildman–Crippen LogP) is 2.80. The monoisotopic (exact) mass is 190 g/mol. The second-order valence-corrected chi connectivity index (χ2v) is 3.07. The summed E-state index contributed by atoms with van der Waals surface area (Å²) >= 11 is 5.81. The highest BCUT2D eigenvalue weighted by Gasteiger charge is 1.97. The van der Waals surface area contributed by atoms with Crippen molar-refractivity contribution < 1.29 is 0 Å². The zero-order valence-electron chi connectivity index (χ0n) is 6.81. The van der Waals surface area contributed by atoms with E-state index >= 15 is 0 Å². The van der Waals surface area contributed by atoms with Crippen molar-refractivity contribution in [3.8, 4) is 11.1 Å². The maximum Gasteiger partial charge on any atom is 0.0595 e. The minimum absolute atomic E-state index is 0.640. The first-order chi connectivity index (χ1) is 6.36. The van der Waals surface area contributed by atoms with Crippen LogP contribution in [0.3, 0.4) is 0 Å². The van der Waals surface area contributed by atoms with Gasteiger partial charge in [-0.25, -0.2) is 0 Å². The van der Waals surface area contributed by atoms with E-state index in [9.17, 15) is 0 Å². The molecule has 2 nitrogen and oxygen atoms in total. The first-order valence-electron chi connectivity index (χ1n) is 3.87. The van der Waals surface area contributed by atoms with Crippen molar-refractivity contribution in [1.29, 1.82) is 0 Å². The first kappa shape index (κ1) is 8.20. The van der Waals surface area contributed by atoms with Crippen LogP contribution in [0, 0.1) is 0 Å². The van der Waals surface area contributed by atoms with Crippen LogP contribution in [-0.4, -0.2) is 9.97 Å². The minimum atomic E-state index is 0.640. The summed E-state index contributed by atoms with van der Waals surface area (Å²) in [5, 5.41) is 0.640. The van der Waals surface area contributed by atoms with Crippen LogP contribution in [0.2, 0.25) is 5.02 Å². The molecule has 0 amide bonds. The molecule has 0 saturated carbocycles. The van der Waals surface area contributed by atoms with Crippen molar-refractivity contribution in [2.75, 3.05) is 0 Å². The summed E-state index contributed by atoms with van der Waals surface area (Å²) in [6, 6.07) is 5.72. The number of aromatic nitrogens is 2. The van der Waals surface area contributed by atoms with Gasteiger partial charge in [-0.2, -0.15) is 0 Å². The van der Waals surface area contributed by atoms with Gasteiger partial charge >= 0.3 is 0 Å². The molecule has 13 heavy (non-hydrogen) atoms. The molecule has 0 saturated heterocycles. The fourth-order valence-corrected chi connectivity index (χ4v) is 1.28. The Morgan fingerprint density at radius 3 is 2.54 bits per heavy atom. The summed E-state index contributed by atoms with van der Waals surface area (Å²) in [5.74, 6) is 0. The Morgan fingerprint density at radius 1 is 1.00 bits per heavy atom. The average molecular weight is 191 g/mol. The molecule has 0 N–H and O–H groups in total. The van der Waals surface area contributed by atoms with E-state index in [4.69, 9.17) is 11.6 Å². The number of rotatable bonds is 1. The molecule has 2 aromatic heterocycles. The molecule has 0 unspecified atom stereocenters. The van der Waals surface area contributed by atoms with Gasteiger partial charge in [0.2, 0.25) is 0 Å². The van der Waals surface area contributed by atoms with Crippen LogP contribution in [-0.2, 0) is 0 Å². The highest BCUT2D eigenvalue weighted by molar-refractivity contribution is 6.30. The van der Waals surface area contributed by atoms with Gasteiger partial charge in [0.05, 0.1) is 5.02 Å². The van der Waals surface area contributed by atoms with Gasteiger partial charge in [-0.15, -0.1) is 0 Å². The molecule has 0 spiro atoms. The van der Waals surface area contributed by atoms with Crippen LogP contribution in [0.1, 0.15) is 0 Å². The maximum absolute atomic E-state index is 5.81. The molecule has 2 aromatic rings. The lowest BCUT2D eigenvalue weighted by atomic mass is 10.1. The van der Waals surface area contributed by atoms with Gasteiger partial charge in [0.25, 0.3) is 0 Å². The van der Waals surface area contributed by atoms with E-state index < -0.39 is 0 Å². The summed E-state index contributed by atoms with van der Waals surface area (Å²) in [6.07, 6.45) is 6.90. The molecule has 2 heterocycles. The van der Waals surface area contributed by atoms with Gasteiger partial charge in [0, 0.05) is 35.9 Å². The summed E-state index contributed by atoms with van der Waals surface area (Å²) in [4.78, 5) is 8.02. The summed E-state index contributed by atoms with van der Waals surface area (Å²) < 4.78 is 0. The molecule has 0 fully saturated rings. The third kappa shape index (κ3) is 1.84. The highest BCUT2D eigenvalue weighted by atomic mass is 35.5. The molecule has 0 atom stereocenters.